The van der Waals surface area contributed by atoms with Crippen LogP contribution in [-0.2, 0) is 0 Å². The standard InChI is InChI=1S/C17H14BrN5O/c1-11(24)12-4-2-6-14(8-12)21-17-22-16(10-19-23-17)20-15-7-3-5-13(18)9-15/h2-10H,1H3,(H2,20,21,22,23). The van der Waals surface area contributed by atoms with E-state index in [1.807, 2.05) is 30.3 Å². The van der Waals surface area contributed by atoms with Crippen LogP contribution in [0.3, 0.4) is 0 Å². The van der Waals surface area contributed by atoms with Gasteiger partial charge in [0.25, 0.3) is 0 Å². The lowest BCUT2D eigenvalue weighted by Crippen LogP contribution is -2.03. The fourth-order valence-electron chi connectivity index (χ4n) is 2.08. The van der Waals surface area contributed by atoms with Crippen LogP contribution in [-0.4, -0.2) is 21.0 Å². The topological polar surface area (TPSA) is 79.8 Å². The second-order valence-electron chi connectivity index (χ2n) is 5.06. The average Bonchev–Trinajstić information content (AvgIpc) is 2.55. The first-order valence-corrected chi connectivity index (χ1v) is 8.00. The van der Waals surface area contributed by atoms with Crippen molar-refractivity contribution in [3.05, 3.63) is 64.8 Å². The molecule has 2 N–H and O–H groups in total. The molecule has 24 heavy (non-hydrogen) atoms. The smallest absolute Gasteiger partial charge is 0.249 e. The summed E-state index contributed by atoms with van der Waals surface area (Å²) in [7, 11) is 0. The van der Waals surface area contributed by atoms with E-state index in [1.165, 1.54) is 13.1 Å². The molecule has 0 aliphatic rings. The van der Waals surface area contributed by atoms with E-state index in [2.05, 4.69) is 41.7 Å². The lowest BCUT2D eigenvalue weighted by Gasteiger charge is -2.08. The summed E-state index contributed by atoms with van der Waals surface area (Å²) in [6.07, 6.45) is 1.54. The summed E-state index contributed by atoms with van der Waals surface area (Å²) < 4.78 is 0.967. The fraction of sp³-hybridized carbons (Fsp3) is 0.0588. The molecule has 7 heteroatoms. The van der Waals surface area contributed by atoms with Gasteiger partial charge < -0.3 is 10.6 Å². The Morgan fingerprint density at radius 1 is 1.04 bits per heavy atom. The minimum Gasteiger partial charge on any atom is -0.339 e. The molecule has 0 spiro atoms. The molecule has 120 valence electrons. The van der Waals surface area contributed by atoms with E-state index in [9.17, 15) is 4.79 Å². The SMILES string of the molecule is CC(=O)c1cccc(Nc2nncc(Nc3cccc(Br)c3)n2)c1. The summed E-state index contributed by atoms with van der Waals surface area (Å²) in [5, 5.41) is 14.1. The Labute approximate surface area is 147 Å². The number of anilines is 4. The van der Waals surface area contributed by atoms with E-state index in [1.54, 1.807) is 18.2 Å². The molecule has 0 aliphatic carbocycles. The number of nitrogens with one attached hydrogen (secondary N) is 2. The maximum Gasteiger partial charge on any atom is 0.249 e. The van der Waals surface area contributed by atoms with Crippen molar-refractivity contribution in [1.82, 2.24) is 15.2 Å². The van der Waals surface area contributed by atoms with Crippen LogP contribution >= 0.6 is 15.9 Å². The number of carbonyl (C=O) groups is 1. The van der Waals surface area contributed by atoms with Gasteiger partial charge in [-0.1, -0.05) is 34.1 Å². The summed E-state index contributed by atoms with van der Waals surface area (Å²) in [4.78, 5) is 15.8. The van der Waals surface area contributed by atoms with Gasteiger partial charge in [-0.25, -0.2) is 0 Å². The third-order valence-corrected chi connectivity index (χ3v) is 3.67. The van der Waals surface area contributed by atoms with Crippen LogP contribution in [0, 0.1) is 0 Å². The number of carbonyl (C=O) groups excluding carboxylic acids is 1. The van der Waals surface area contributed by atoms with Gasteiger partial charge in [0.2, 0.25) is 5.95 Å². The van der Waals surface area contributed by atoms with Crippen molar-refractivity contribution in [2.45, 2.75) is 6.92 Å². The average molecular weight is 384 g/mol. The highest BCUT2D eigenvalue weighted by Crippen LogP contribution is 2.20. The van der Waals surface area contributed by atoms with E-state index in [0.717, 1.165) is 15.8 Å². The van der Waals surface area contributed by atoms with Gasteiger partial charge in [0, 0.05) is 21.4 Å². The Hall–Kier alpha value is -2.80. The van der Waals surface area contributed by atoms with Gasteiger partial charge in [0.05, 0.1) is 6.20 Å². The largest absolute Gasteiger partial charge is 0.339 e. The van der Waals surface area contributed by atoms with E-state index in [0.29, 0.717) is 17.3 Å². The monoisotopic (exact) mass is 383 g/mol. The molecule has 1 heterocycles. The van der Waals surface area contributed by atoms with Crippen LogP contribution in [0.4, 0.5) is 23.1 Å². The Morgan fingerprint density at radius 3 is 2.54 bits per heavy atom. The first kappa shape index (κ1) is 16.1. The first-order valence-electron chi connectivity index (χ1n) is 7.20. The number of benzene rings is 2. The van der Waals surface area contributed by atoms with Crippen molar-refractivity contribution in [1.29, 1.82) is 0 Å². The molecule has 1 aromatic heterocycles. The van der Waals surface area contributed by atoms with Crippen molar-refractivity contribution in [3.8, 4) is 0 Å². The number of rotatable bonds is 5. The van der Waals surface area contributed by atoms with Crippen molar-refractivity contribution in [2.24, 2.45) is 0 Å². The van der Waals surface area contributed by atoms with E-state index in [4.69, 9.17) is 0 Å². The molecular weight excluding hydrogens is 370 g/mol. The minimum absolute atomic E-state index is 0.00256. The lowest BCUT2D eigenvalue weighted by atomic mass is 10.1. The molecule has 2 aromatic carbocycles. The number of halogens is 1. The van der Waals surface area contributed by atoms with Crippen LogP contribution in [0.1, 0.15) is 17.3 Å². The van der Waals surface area contributed by atoms with Crippen LogP contribution in [0.2, 0.25) is 0 Å². The van der Waals surface area contributed by atoms with E-state index < -0.39 is 0 Å². The molecule has 6 nitrogen and oxygen atoms in total. The highest BCUT2D eigenvalue weighted by atomic mass is 79.9. The first-order chi connectivity index (χ1) is 11.6. The number of hydrogen-bond donors (Lipinski definition) is 2. The van der Waals surface area contributed by atoms with E-state index in [-0.39, 0.29) is 5.78 Å². The summed E-state index contributed by atoms with van der Waals surface area (Å²) in [5.74, 6) is 0.909. The normalized spacial score (nSPS) is 10.2. The molecule has 0 atom stereocenters. The van der Waals surface area contributed by atoms with Gasteiger partial charge in [-0.2, -0.15) is 10.1 Å². The van der Waals surface area contributed by atoms with E-state index >= 15 is 0 Å². The lowest BCUT2D eigenvalue weighted by molar-refractivity contribution is 0.101. The van der Waals surface area contributed by atoms with Crippen LogP contribution in [0.5, 0.6) is 0 Å². The molecule has 0 saturated heterocycles. The molecule has 0 unspecified atom stereocenters. The van der Waals surface area contributed by atoms with Gasteiger partial charge in [-0.05, 0) is 37.3 Å². The third-order valence-electron chi connectivity index (χ3n) is 3.18. The quantitative estimate of drug-likeness (QED) is 0.638. The van der Waals surface area contributed by atoms with Gasteiger partial charge >= 0.3 is 0 Å². The Bertz CT molecular complexity index is 884. The molecule has 0 saturated carbocycles. The Kier molecular flexibility index (Phi) is 4.81. The predicted molar refractivity (Wildman–Crippen MR) is 97.0 cm³/mol. The number of hydrogen-bond acceptors (Lipinski definition) is 6. The summed E-state index contributed by atoms with van der Waals surface area (Å²) in [6, 6.07) is 14.9. The number of ketones is 1. The van der Waals surface area contributed by atoms with Gasteiger partial charge in [0.1, 0.15) is 0 Å². The molecule has 0 aliphatic heterocycles. The molecule has 0 radical (unpaired) electrons. The fourth-order valence-corrected chi connectivity index (χ4v) is 2.48. The zero-order valence-corrected chi connectivity index (χ0v) is 14.4. The zero-order chi connectivity index (χ0) is 16.9. The highest BCUT2D eigenvalue weighted by Gasteiger charge is 2.04. The molecule has 3 rings (SSSR count). The maximum atomic E-state index is 11.4. The predicted octanol–water partition coefficient (Wildman–Crippen LogP) is 4.32. The molecule has 0 amide bonds. The second kappa shape index (κ2) is 7.18. The zero-order valence-electron chi connectivity index (χ0n) is 12.8. The summed E-state index contributed by atoms with van der Waals surface area (Å²) in [5.41, 5.74) is 2.23. The molecule has 0 fully saturated rings. The van der Waals surface area contributed by atoms with Crippen molar-refractivity contribution in [3.63, 3.8) is 0 Å². The minimum atomic E-state index is 0.00256. The number of nitrogens with zero attached hydrogens (tertiary/aromatic N) is 3. The van der Waals surface area contributed by atoms with Crippen molar-refractivity contribution < 1.29 is 4.79 Å². The molecule has 3 aromatic rings. The molecule has 0 bridgehead atoms. The number of aromatic nitrogens is 3. The number of Topliss-reactive ketones (excluding diaryl/α,β-unsaturated/α-hetero) is 1. The van der Waals surface area contributed by atoms with Crippen LogP contribution < -0.4 is 10.6 Å². The molecular formula is C17H14BrN5O. The second-order valence-corrected chi connectivity index (χ2v) is 5.98. The van der Waals surface area contributed by atoms with Gasteiger partial charge in [-0.15, -0.1) is 5.10 Å². The van der Waals surface area contributed by atoms with Crippen LogP contribution in [0.25, 0.3) is 0 Å². The van der Waals surface area contributed by atoms with Crippen molar-refractivity contribution in [2.75, 3.05) is 10.6 Å². The van der Waals surface area contributed by atoms with Gasteiger partial charge in [0.15, 0.2) is 11.6 Å². The Balaban J connectivity index is 1.78. The Morgan fingerprint density at radius 2 is 1.79 bits per heavy atom. The summed E-state index contributed by atoms with van der Waals surface area (Å²) >= 11 is 3.42. The third kappa shape index (κ3) is 4.14. The van der Waals surface area contributed by atoms with Gasteiger partial charge in [-0.3, -0.25) is 4.79 Å². The van der Waals surface area contributed by atoms with Crippen LogP contribution in [0.15, 0.2) is 59.2 Å². The maximum absolute atomic E-state index is 11.4. The highest BCUT2D eigenvalue weighted by molar-refractivity contribution is 9.10. The van der Waals surface area contributed by atoms with Crippen molar-refractivity contribution >= 4 is 44.9 Å². The summed E-state index contributed by atoms with van der Waals surface area (Å²) in [6.45, 7) is 1.53.